The lowest BCUT2D eigenvalue weighted by Gasteiger charge is -2.19. The molecule has 2 N–H and O–H groups in total. The molecule has 5 nitrogen and oxygen atoms in total. The molecule has 29 heavy (non-hydrogen) atoms. The van der Waals surface area contributed by atoms with Gasteiger partial charge in [0.25, 0.3) is 5.91 Å². The first-order chi connectivity index (χ1) is 13.9. The van der Waals surface area contributed by atoms with E-state index in [2.05, 4.69) is 53.5 Å². The maximum atomic E-state index is 12.8. The van der Waals surface area contributed by atoms with Crippen molar-refractivity contribution in [1.29, 1.82) is 0 Å². The standard InChI is InChI=1S/C23H26N4OS/c1-23(2,3)17-7-9-18(10-8-17)27-21(28)19-6-5-12-26-22(19)29-15-16-11-13-25-20(14-16)24-4/h5-14H,15H2,1-4H3,(H,24,25)(H,27,28). The number of aromatic nitrogens is 2. The van der Waals surface area contributed by atoms with Crippen LogP contribution in [0.15, 0.2) is 66.0 Å². The third kappa shape index (κ3) is 5.57. The van der Waals surface area contributed by atoms with Gasteiger partial charge in [-0.1, -0.05) is 32.9 Å². The minimum Gasteiger partial charge on any atom is -0.373 e. The predicted molar refractivity (Wildman–Crippen MR) is 121 cm³/mol. The van der Waals surface area contributed by atoms with Crippen LogP contribution in [0.5, 0.6) is 0 Å². The third-order valence-corrected chi connectivity index (χ3v) is 5.56. The molecule has 3 aromatic rings. The molecule has 6 heteroatoms. The Kier molecular flexibility index (Phi) is 6.54. The van der Waals surface area contributed by atoms with Gasteiger partial charge in [-0.15, -0.1) is 11.8 Å². The van der Waals surface area contributed by atoms with Crippen molar-refractivity contribution in [3.63, 3.8) is 0 Å². The lowest BCUT2D eigenvalue weighted by molar-refractivity contribution is 0.102. The van der Waals surface area contributed by atoms with E-state index < -0.39 is 0 Å². The molecular weight excluding hydrogens is 380 g/mol. The summed E-state index contributed by atoms with van der Waals surface area (Å²) in [5.41, 5.74) is 3.77. The number of rotatable bonds is 6. The zero-order valence-corrected chi connectivity index (χ0v) is 18.0. The number of benzene rings is 1. The molecule has 0 aliphatic carbocycles. The molecule has 1 amide bonds. The predicted octanol–water partition coefficient (Wildman–Crippen LogP) is 5.36. The minimum absolute atomic E-state index is 0.0792. The monoisotopic (exact) mass is 406 g/mol. The molecule has 2 heterocycles. The normalized spacial score (nSPS) is 11.2. The quantitative estimate of drug-likeness (QED) is 0.539. The second-order valence-electron chi connectivity index (χ2n) is 7.73. The van der Waals surface area contributed by atoms with Crippen LogP contribution in [0.25, 0.3) is 0 Å². The van der Waals surface area contributed by atoms with Gasteiger partial charge in [0.1, 0.15) is 10.8 Å². The van der Waals surface area contributed by atoms with Crippen molar-refractivity contribution in [2.45, 2.75) is 37.0 Å². The molecule has 0 aliphatic heterocycles. The molecule has 150 valence electrons. The zero-order chi connectivity index (χ0) is 20.9. The lowest BCUT2D eigenvalue weighted by atomic mass is 9.87. The van der Waals surface area contributed by atoms with Gasteiger partial charge in [-0.2, -0.15) is 0 Å². The van der Waals surface area contributed by atoms with Crippen molar-refractivity contribution in [2.75, 3.05) is 17.7 Å². The summed E-state index contributed by atoms with van der Waals surface area (Å²) in [6, 6.07) is 15.5. The largest absolute Gasteiger partial charge is 0.373 e. The molecule has 0 fully saturated rings. The number of pyridine rings is 2. The fourth-order valence-electron chi connectivity index (χ4n) is 2.78. The highest BCUT2D eigenvalue weighted by molar-refractivity contribution is 7.98. The fraction of sp³-hybridized carbons (Fsp3) is 0.261. The Balaban J connectivity index is 1.71. The average Bonchev–Trinajstić information content (AvgIpc) is 2.72. The van der Waals surface area contributed by atoms with Crippen molar-refractivity contribution < 1.29 is 4.79 Å². The van der Waals surface area contributed by atoms with E-state index in [9.17, 15) is 4.79 Å². The maximum absolute atomic E-state index is 12.8. The van der Waals surface area contributed by atoms with E-state index in [1.165, 1.54) is 17.3 Å². The van der Waals surface area contributed by atoms with Gasteiger partial charge in [0.2, 0.25) is 0 Å². The summed E-state index contributed by atoms with van der Waals surface area (Å²) in [6.45, 7) is 6.51. The molecular formula is C23H26N4OS. The first-order valence-electron chi connectivity index (χ1n) is 9.49. The summed E-state index contributed by atoms with van der Waals surface area (Å²) in [5.74, 6) is 1.37. The Bertz CT molecular complexity index is 981. The lowest BCUT2D eigenvalue weighted by Crippen LogP contribution is -2.14. The highest BCUT2D eigenvalue weighted by atomic mass is 32.2. The SMILES string of the molecule is CNc1cc(CSc2ncccc2C(=O)Nc2ccc(C(C)(C)C)cc2)ccn1. The number of amides is 1. The summed E-state index contributed by atoms with van der Waals surface area (Å²) >= 11 is 1.54. The molecule has 0 saturated carbocycles. The van der Waals surface area contributed by atoms with E-state index in [0.717, 1.165) is 17.1 Å². The van der Waals surface area contributed by atoms with Gasteiger partial charge in [-0.3, -0.25) is 4.79 Å². The van der Waals surface area contributed by atoms with Crippen LogP contribution in [0.3, 0.4) is 0 Å². The molecule has 0 bridgehead atoms. The molecule has 2 aromatic heterocycles. The molecule has 0 aliphatic rings. The van der Waals surface area contributed by atoms with Crippen LogP contribution in [0.2, 0.25) is 0 Å². The van der Waals surface area contributed by atoms with E-state index in [1.807, 2.05) is 31.3 Å². The first kappa shape index (κ1) is 20.9. The van der Waals surface area contributed by atoms with Crippen LogP contribution in [-0.2, 0) is 11.2 Å². The summed E-state index contributed by atoms with van der Waals surface area (Å²) in [4.78, 5) is 21.5. The van der Waals surface area contributed by atoms with Crippen molar-refractivity contribution in [3.05, 3.63) is 77.6 Å². The Labute approximate surface area is 176 Å². The van der Waals surface area contributed by atoms with Gasteiger partial charge in [0.05, 0.1) is 5.56 Å². The van der Waals surface area contributed by atoms with Gasteiger partial charge in [0, 0.05) is 30.9 Å². The molecule has 0 radical (unpaired) electrons. The van der Waals surface area contributed by atoms with Gasteiger partial charge in [-0.05, 0) is 52.9 Å². The number of nitrogens with one attached hydrogen (secondary N) is 2. The van der Waals surface area contributed by atoms with E-state index in [0.29, 0.717) is 16.3 Å². The number of thioether (sulfide) groups is 1. The third-order valence-electron chi connectivity index (χ3n) is 4.48. The van der Waals surface area contributed by atoms with E-state index in [4.69, 9.17) is 0 Å². The van der Waals surface area contributed by atoms with E-state index >= 15 is 0 Å². The van der Waals surface area contributed by atoms with E-state index in [-0.39, 0.29) is 11.3 Å². The van der Waals surface area contributed by atoms with Gasteiger partial charge in [-0.25, -0.2) is 9.97 Å². The van der Waals surface area contributed by atoms with Crippen molar-refractivity contribution >= 4 is 29.2 Å². The van der Waals surface area contributed by atoms with Crippen molar-refractivity contribution in [3.8, 4) is 0 Å². The number of nitrogens with zero attached hydrogens (tertiary/aromatic N) is 2. The Morgan fingerprint density at radius 3 is 2.48 bits per heavy atom. The van der Waals surface area contributed by atoms with Crippen LogP contribution in [-0.4, -0.2) is 22.9 Å². The van der Waals surface area contributed by atoms with Crippen molar-refractivity contribution in [2.24, 2.45) is 0 Å². The molecule has 3 rings (SSSR count). The number of carbonyl (C=O) groups is 1. The number of anilines is 2. The molecule has 1 aromatic carbocycles. The van der Waals surface area contributed by atoms with Crippen LogP contribution >= 0.6 is 11.8 Å². The molecule has 0 atom stereocenters. The van der Waals surface area contributed by atoms with E-state index in [1.54, 1.807) is 24.5 Å². The van der Waals surface area contributed by atoms with Gasteiger partial charge in [0.15, 0.2) is 0 Å². The summed E-state index contributed by atoms with van der Waals surface area (Å²) in [6.07, 6.45) is 3.48. The summed E-state index contributed by atoms with van der Waals surface area (Å²) in [5, 5.41) is 6.72. The first-order valence-corrected chi connectivity index (χ1v) is 10.5. The Morgan fingerprint density at radius 2 is 1.79 bits per heavy atom. The number of hydrogen-bond acceptors (Lipinski definition) is 5. The van der Waals surface area contributed by atoms with Crippen molar-refractivity contribution in [1.82, 2.24) is 9.97 Å². The Hall–Kier alpha value is -2.86. The smallest absolute Gasteiger partial charge is 0.258 e. The van der Waals surface area contributed by atoms with Gasteiger partial charge >= 0.3 is 0 Å². The highest BCUT2D eigenvalue weighted by Crippen LogP contribution is 2.27. The fourth-order valence-corrected chi connectivity index (χ4v) is 3.72. The number of hydrogen-bond donors (Lipinski definition) is 2. The van der Waals surface area contributed by atoms with Crippen LogP contribution < -0.4 is 10.6 Å². The van der Waals surface area contributed by atoms with Crippen LogP contribution in [0.4, 0.5) is 11.5 Å². The minimum atomic E-state index is -0.158. The topological polar surface area (TPSA) is 66.9 Å². The van der Waals surface area contributed by atoms with Crippen LogP contribution in [0, 0.1) is 0 Å². The van der Waals surface area contributed by atoms with Crippen LogP contribution in [0.1, 0.15) is 42.3 Å². The van der Waals surface area contributed by atoms with Gasteiger partial charge < -0.3 is 10.6 Å². The molecule has 0 unspecified atom stereocenters. The zero-order valence-electron chi connectivity index (χ0n) is 17.2. The Morgan fingerprint density at radius 1 is 1.03 bits per heavy atom. The second kappa shape index (κ2) is 9.09. The molecule has 0 spiro atoms. The average molecular weight is 407 g/mol. The summed E-state index contributed by atoms with van der Waals surface area (Å²) < 4.78 is 0. The maximum Gasteiger partial charge on any atom is 0.258 e. The molecule has 0 saturated heterocycles. The number of carbonyl (C=O) groups excluding carboxylic acids is 1. The second-order valence-corrected chi connectivity index (χ2v) is 8.69. The highest BCUT2D eigenvalue weighted by Gasteiger charge is 2.15. The summed E-state index contributed by atoms with van der Waals surface area (Å²) in [7, 11) is 1.84.